The molecule has 4 aromatic heterocycles. The van der Waals surface area contributed by atoms with E-state index in [9.17, 15) is 0 Å². The van der Waals surface area contributed by atoms with Crippen molar-refractivity contribution >= 4 is 54.8 Å². The quantitative estimate of drug-likeness (QED) is 0.128. The number of pyridine rings is 1. The van der Waals surface area contributed by atoms with Gasteiger partial charge in [0.25, 0.3) is 6.33 Å². The van der Waals surface area contributed by atoms with Crippen molar-refractivity contribution in [2.75, 3.05) is 0 Å². The highest BCUT2D eigenvalue weighted by Crippen LogP contribution is 2.46. The maximum Gasteiger partial charge on any atom is 0.269 e. The van der Waals surface area contributed by atoms with Crippen molar-refractivity contribution in [3.8, 4) is 73.2 Å². The van der Waals surface area contributed by atoms with Crippen LogP contribution in [0.25, 0.3) is 116 Å². The molecular formula is C64H44N4O2. The second kappa shape index (κ2) is 15.3. The van der Waals surface area contributed by atoms with Gasteiger partial charge in [-0.3, -0.25) is 13.7 Å². The first-order chi connectivity index (χ1) is 34.3. The zero-order valence-electron chi connectivity index (χ0n) is 38.8. The van der Waals surface area contributed by atoms with E-state index in [1.54, 1.807) is 0 Å². The first kappa shape index (κ1) is 40.1. The summed E-state index contributed by atoms with van der Waals surface area (Å²) in [5.74, 6) is 2.26. The van der Waals surface area contributed by atoms with E-state index in [-0.39, 0.29) is 5.41 Å². The Labute approximate surface area is 404 Å². The molecule has 13 aromatic rings. The lowest BCUT2D eigenvalue weighted by molar-refractivity contribution is -0.570. The Kier molecular flexibility index (Phi) is 8.74. The standard InChI is InChI=1S/C64H44N4O2/c1-64(2,3)41-32-33-65-61(34-41)68-57-36-44(30-31-50(57)54-37-55-51-24-11-12-29-59(51)70-60(55)38-58(54)68)69-43-19-13-18-42(35-43)66-39-67-62-45(40-16-5-4-6-17-40)25-14-26-52(62)48-22-9-7-20-46(48)47-21-8-10-23-49(47)53-27-15-28-56(66)63(53)67/h4-38H,1-3H3. The predicted octanol–water partition coefficient (Wildman–Crippen LogP) is 16.2. The number of benzene rings is 9. The van der Waals surface area contributed by atoms with E-state index in [1.165, 1.54) is 27.8 Å². The molecule has 1 aliphatic heterocycles. The molecule has 6 heteroatoms. The summed E-state index contributed by atoms with van der Waals surface area (Å²) < 4.78 is 20.1. The maximum atomic E-state index is 6.90. The van der Waals surface area contributed by atoms with Crippen molar-refractivity contribution in [2.45, 2.75) is 26.2 Å². The minimum absolute atomic E-state index is 0.0654. The lowest BCUT2D eigenvalue weighted by atomic mass is 9.88. The summed E-state index contributed by atoms with van der Waals surface area (Å²) in [6, 6.07) is 73.2. The summed E-state index contributed by atoms with van der Waals surface area (Å²) in [5.41, 5.74) is 18.2. The molecule has 0 aliphatic carbocycles. The zero-order chi connectivity index (χ0) is 46.7. The third-order valence-corrected chi connectivity index (χ3v) is 14.1. The van der Waals surface area contributed by atoms with Gasteiger partial charge in [0, 0.05) is 39.9 Å². The monoisotopic (exact) mass is 900 g/mol. The number of rotatable bonds is 5. The van der Waals surface area contributed by atoms with Gasteiger partial charge in [0.1, 0.15) is 28.5 Å². The lowest BCUT2D eigenvalue weighted by Crippen LogP contribution is -2.32. The Balaban J connectivity index is 0.945. The molecule has 0 saturated carbocycles. The number of hydrogen-bond acceptors (Lipinski definition) is 3. The normalized spacial score (nSPS) is 12.2. The molecule has 0 saturated heterocycles. The van der Waals surface area contributed by atoms with Gasteiger partial charge in [-0.1, -0.05) is 160 Å². The zero-order valence-corrected chi connectivity index (χ0v) is 38.8. The molecule has 0 spiro atoms. The molecule has 332 valence electrons. The van der Waals surface area contributed by atoms with E-state index in [1.807, 2.05) is 24.4 Å². The van der Waals surface area contributed by atoms with Crippen LogP contribution in [0.2, 0.25) is 0 Å². The van der Waals surface area contributed by atoms with Gasteiger partial charge in [0.15, 0.2) is 0 Å². The lowest BCUT2D eigenvalue weighted by Gasteiger charge is -2.20. The maximum absolute atomic E-state index is 6.90. The Morgan fingerprint density at radius 1 is 0.486 bits per heavy atom. The van der Waals surface area contributed by atoms with Crippen LogP contribution in [0.5, 0.6) is 11.5 Å². The molecule has 1 aliphatic rings. The highest BCUT2D eigenvalue weighted by Gasteiger charge is 2.27. The summed E-state index contributed by atoms with van der Waals surface area (Å²) in [5, 5.41) is 4.41. The summed E-state index contributed by atoms with van der Waals surface area (Å²) in [7, 11) is 0. The van der Waals surface area contributed by atoms with Gasteiger partial charge < -0.3 is 9.15 Å². The SMILES string of the molecule is CC(C)(C)c1ccnc(-n2c3cc(Oc4cccc(-n5[c-][n+]6c7c(cccc75)-c5ccccc5-c5ccccc5-c5cccc(-c7ccccc7)c5-6)c4)ccc3c3cc4c(cc32)oc2ccccc24)c1. The molecule has 0 fully saturated rings. The van der Waals surface area contributed by atoms with Crippen molar-refractivity contribution in [2.24, 2.45) is 0 Å². The van der Waals surface area contributed by atoms with E-state index < -0.39 is 0 Å². The Hall–Kier alpha value is -9.00. The van der Waals surface area contributed by atoms with Gasteiger partial charge >= 0.3 is 0 Å². The molecule has 0 unspecified atom stereocenters. The molecule has 0 radical (unpaired) electrons. The minimum Gasteiger partial charge on any atom is -0.458 e. The van der Waals surface area contributed by atoms with Crippen molar-refractivity contribution in [1.29, 1.82) is 0 Å². The molecule has 0 atom stereocenters. The van der Waals surface area contributed by atoms with Gasteiger partial charge in [-0.2, -0.15) is 0 Å². The van der Waals surface area contributed by atoms with Gasteiger partial charge in [-0.15, -0.1) is 0 Å². The molecule has 5 heterocycles. The highest BCUT2D eigenvalue weighted by molar-refractivity contribution is 6.17. The molecule has 70 heavy (non-hydrogen) atoms. The van der Waals surface area contributed by atoms with Crippen LogP contribution >= 0.6 is 0 Å². The average Bonchev–Trinajstić information content (AvgIpc) is 4.07. The molecule has 0 amide bonds. The van der Waals surface area contributed by atoms with Gasteiger partial charge in [0.2, 0.25) is 0 Å². The highest BCUT2D eigenvalue weighted by atomic mass is 16.5. The van der Waals surface area contributed by atoms with Crippen LogP contribution in [-0.4, -0.2) is 14.1 Å². The van der Waals surface area contributed by atoms with E-state index in [2.05, 4.69) is 229 Å². The van der Waals surface area contributed by atoms with Crippen LogP contribution < -0.4 is 9.30 Å². The van der Waals surface area contributed by atoms with Gasteiger partial charge in [0.05, 0.1) is 33.4 Å². The van der Waals surface area contributed by atoms with Crippen molar-refractivity contribution < 1.29 is 13.7 Å². The van der Waals surface area contributed by atoms with Gasteiger partial charge in [-0.05, 0) is 110 Å². The van der Waals surface area contributed by atoms with Crippen LogP contribution in [0, 0.1) is 6.33 Å². The van der Waals surface area contributed by atoms with Gasteiger partial charge in [-0.25, -0.2) is 4.98 Å². The average molecular weight is 901 g/mol. The predicted molar refractivity (Wildman–Crippen MR) is 284 cm³/mol. The third kappa shape index (κ3) is 6.19. The van der Waals surface area contributed by atoms with Crippen LogP contribution in [0.3, 0.4) is 0 Å². The summed E-state index contributed by atoms with van der Waals surface area (Å²) in [6.45, 7) is 6.71. The van der Waals surface area contributed by atoms with E-state index >= 15 is 0 Å². The Morgan fingerprint density at radius 3 is 1.96 bits per heavy atom. The number of furan rings is 1. The van der Waals surface area contributed by atoms with Crippen LogP contribution in [-0.2, 0) is 5.41 Å². The number of fused-ring (bicyclic) bond motifs is 13. The number of nitrogens with zero attached hydrogens (tertiary/aromatic N) is 4. The summed E-state index contributed by atoms with van der Waals surface area (Å²) in [6.07, 6.45) is 5.84. The number of para-hydroxylation sites is 3. The smallest absolute Gasteiger partial charge is 0.269 e. The first-order valence-corrected chi connectivity index (χ1v) is 23.9. The third-order valence-electron chi connectivity index (χ3n) is 14.1. The van der Waals surface area contributed by atoms with Crippen LogP contribution in [0.4, 0.5) is 0 Å². The van der Waals surface area contributed by atoms with Crippen molar-refractivity contribution in [3.05, 3.63) is 224 Å². The summed E-state index contributed by atoms with van der Waals surface area (Å²) in [4.78, 5) is 4.98. The van der Waals surface area contributed by atoms with Crippen LogP contribution in [0.15, 0.2) is 217 Å². The summed E-state index contributed by atoms with van der Waals surface area (Å²) >= 11 is 0. The van der Waals surface area contributed by atoms with E-state index in [4.69, 9.17) is 14.1 Å². The number of hydrogen-bond donors (Lipinski definition) is 0. The molecular weight excluding hydrogens is 857 g/mol. The van der Waals surface area contributed by atoms with Crippen molar-refractivity contribution in [3.63, 3.8) is 0 Å². The molecule has 0 bridgehead atoms. The number of aromatic nitrogens is 4. The molecule has 14 rings (SSSR count). The largest absolute Gasteiger partial charge is 0.458 e. The van der Waals surface area contributed by atoms with E-state index in [0.29, 0.717) is 11.5 Å². The molecule has 9 aromatic carbocycles. The fraction of sp³-hybridized carbons (Fsp3) is 0.0625. The molecule has 0 N–H and O–H groups in total. The fourth-order valence-electron chi connectivity index (χ4n) is 10.8. The fourth-order valence-corrected chi connectivity index (χ4v) is 10.8. The second-order valence-corrected chi connectivity index (χ2v) is 19.3. The topological polar surface area (TPSA) is 49.0 Å². The van der Waals surface area contributed by atoms with Crippen LogP contribution in [0.1, 0.15) is 26.3 Å². The Morgan fingerprint density at radius 2 is 1.14 bits per heavy atom. The minimum atomic E-state index is -0.0654. The molecule has 6 nitrogen and oxygen atoms in total. The number of ether oxygens (including phenoxy) is 1. The van der Waals surface area contributed by atoms with E-state index in [0.717, 1.165) is 94.2 Å². The van der Waals surface area contributed by atoms with Crippen molar-refractivity contribution in [1.82, 2.24) is 14.1 Å². The number of imidazole rings is 1. The Bertz CT molecular complexity index is 4260. The first-order valence-electron chi connectivity index (χ1n) is 23.9. The second-order valence-electron chi connectivity index (χ2n) is 19.3.